The topological polar surface area (TPSA) is 89.2 Å². The van der Waals surface area contributed by atoms with Gasteiger partial charge in [-0.1, -0.05) is 24.2 Å². The Labute approximate surface area is 117 Å². The van der Waals surface area contributed by atoms with Crippen molar-refractivity contribution >= 4 is 26.5 Å². The third-order valence-electron chi connectivity index (χ3n) is 4.14. The number of nitrogens with zero attached hydrogens (tertiary/aromatic N) is 3. The SMILES string of the molecule is Nc1nnc(S(=O)(=O)N2CCCC2C2CCCC2)s1. The van der Waals surface area contributed by atoms with Gasteiger partial charge < -0.3 is 5.73 Å². The van der Waals surface area contributed by atoms with Crippen molar-refractivity contribution in [2.24, 2.45) is 5.92 Å². The maximum absolute atomic E-state index is 12.6. The van der Waals surface area contributed by atoms with Gasteiger partial charge in [0.25, 0.3) is 10.0 Å². The summed E-state index contributed by atoms with van der Waals surface area (Å²) in [5, 5.41) is 7.53. The molecule has 0 radical (unpaired) electrons. The first-order valence-corrected chi connectivity index (χ1v) is 8.95. The fraction of sp³-hybridized carbons (Fsp3) is 0.818. The summed E-state index contributed by atoms with van der Waals surface area (Å²) in [6.45, 7) is 0.600. The van der Waals surface area contributed by atoms with Crippen LogP contribution in [0.3, 0.4) is 0 Å². The maximum atomic E-state index is 12.6. The average Bonchev–Trinajstić information content (AvgIpc) is 3.09. The normalized spacial score (nSPS) is 26.2. The molecule has 1 saturated carbocycles. The van der Waals surface area contributed by atoms with Crippen LogP contribution in [-0.4, -0.2) is 35.5 Å². The van der Waals surface area contributed by atoms with Crippen molar-refractivity contribution in [1.82, 2.24) is 14.5 Å². The lowest BCUT2D eigenvalue weighted by molar-refractivity contribution is 0.288. The number of nitrogens with two attached hydrogens (primary N) is 1. The summed E-state index contributed by atoms with van der Waals surface area (Å²) < 4.78 is 26.9. The zero-order valence-electron chi connectivity index (χ0n) is 10.7. The molecule has 8 heteroatoms. The van der Waals surface area contributed by atoms with E-state index >= 15 is 0 Å². The van der Waals surface area contributed by atoms with Crippen LogP contribution < -0.4 is 5.73 Å². The second-order valence-corrected chi connectivity index (χ2v) is 8.35. The van der Waals surface area contributed by atoms with E-state index in [4.69, 9.17) is 5.73 Å². The molecule has 2 aliphatic rings. The highest BCUT2D eigenvalue weighted by Gasteiger charge is 2.41. The molecular formula is C11H18N4O2S2. The van der Waals surface area contributed by atoms with Crippen LogP contribution in [0.2, 0.25) is 0 Å². The van der Waals surface area contributed by atoms with Crippen LogP contribution in [-0.2, 0) is 10.0 Å². The molecule has 106 valence electrons. The van der Waals surface area contributed by atoms with Crippen molar-refractivity contribution in [2.45, 2.75) is 48.9 Å². The van der Waals surface area contributed by atoms with E-state index in [0.29, 0.717) is 12.5 Å². The lowest BCUT2D eigenvalue weighted by Crippen LogP contribution is -2.39. The molecule has 2 N–H and O–H groups in total. The van der Waals surface area contributed by atoms with E-state index in [1.54, 1.807) is 4.31 Å². The highest BCUT2D eigenvalue weighted by atomic mass is 32.2. The van der Waals surface area contributed by atoms with E-state index in [-0.39, 0.29) is 15.5 Å². The average molecular weight is 302 g/mol. The van der Waals surface area contributed by atoms with Gasteiger partial charge in [0.15, 0.2) is 0 Å². The van der Waals surface area contributed by atoms with E-state index in [2.05, 4.69) is 10.2 Å². The first-order chi connectivity index (χ1) is 9.09. The molecule has 0 amide bonds. The highest BCUT2D eigenvalue weighted by Crippen LogP contribution is 2.38. The van der Waals surface area contributed by atoms with Crippen molar-refractivity contribution in [1.29, 1.82) is 0 Å². The lowest BCUT2D eigenvalue weighted by Gasteiger charge is -2.27. The van der Waals surface area contributed by atoms with E-state index in [0.717, 1.165) is 37.0 Å². The second kappa shape index (κ2) is 4.99. The Morgan fingerprint density at radius 1 is 1.16 bits per heavy atom. The number of nitrogen functional groups attached to an aromatic ring is 1. The Hall–Kier alpha value is -0.730. The van der Waals surface area contributed by atoms with Crippen molar-refractivity contribution in [2.75, 3.05) is 12.3 Å². The van der Waals surface area contributed by atoms with Gasteiger partial charge in [-0.15, -0.1) is 10.2 Å². The number of anilines is 1. The van der Waals surface area contributed by atoms with Gasteiger partial charge in [0.05, 0.1) is 0 Å². The Balaban J connectivity index is 1.87. The van der Waals surface area contributed by atoms with E-state index in [1.165, 1.54) is 12.8 Å². The van der Waals surface area contributed by atoms with Crippen LogP contribution in [0.4, 0.5) is 5.13 Å². The molecule has 0 spiro atoms. The maximum Gasteiger partial charge on any atom is 0.272 e. The zero-order valence-corrected chi connectivity index (χ0v) is 12.3. The molecule has 1 aliphatic heterocycles. The third-order valence-corrected chi connectivity index (χ3v) is 7.17. The molecule has 6 nitrogen and oxygen atoms in total. The molecule has 1 aliphatic carbocycles. The van der Waals surface area contributed by atoms with Crippen LogP contribution in [0.5, 0.6) is 0 Å². The monoisotopic (exact) mass is 302 g/mol. The predicted molar refractivity (Wildman–Crippen MR) is 73.2 cm³/mol. The first kappa shape index (κ1) is 13.3. The summed E-state index contributed by atoms with van der Waals surface area (Å²) >= 11 is 0.952. The van der Waals surface area contributed by atoms with Crippen molar-refractivity contribution < 1.29 is 8.42 Å². The van der Waals surface area contributed by atoms with Crippen LogP contribution >= 0.6 is 11.3 Å². The molecule has 1 unspecified atom stereocenters. The molecule has 0 bridgehead atoms. The summed E-state index contributed by atoms with van der Waals surface area (Å²) in [6.07, 6.45) is 6.65. The number of hydrogen-bond acceptors (Lipinski definition) is 6. The van der Waals surface area contributed by atoms with E-state index < -0.39 is 10.0 Å². The standard InChI is InChI=1S/C11H18N4O2S2/c12-10-13-14-11(18-10)19(16,17)15-7-3-6-9(15)8-4-1-2-5-8/h8-9H,1-7H2,(H2,12,13). The Morgan fingerprint density at radius 2 is 1.89 bits per heavy atom. The number of rotatable bonds is 3. The van der Waals surface area contributed by atoms with Crippen LogP contribution in [0, 0.1) is 5.92 Å². The smallest absolute Gasteiger partial charge is 0.272 e. The molecule has 2 heterocycles. The summed E-state index contributed by atoms with van der Waals surface area (Å²) in [5.41, 5.74) is 5.49. The fourth-order valence-corrected chi connectivity index (χ4v) is 5.96. The molecule has 3 rings (SSSR count). The molecule has 2 fully saturated rings. The van der Waals surface area contributed by atoms with Gasteiger partial charge in [0.1, 0.15) is 0 Å². The molecule has 1 atom stereocenters. The molecule has 1 aromatic rings. The minimum absolute atomic E-state index is 0.0369. The molecule has 0 aromatic carbocycles. The lowest BCUT2D eigenvalue weighted by atomic mass is 9.97. The first-order valence-electron chi connectivity index (χ1n) is 6.70. The summed E-state index contributed by atoms with van der Waals surface area (Å²) in [5.74, 6) is 0.516. The van der Waals surface area contributed by atoms with Crippen molar-refractivity contribution in [3.63, 3.8) is 0 Å². The van der Waals surface area contributed by atoms with Gasteiger partial charge >= 0.3 is 0 Å². The van der Waals surface area contributed by atoms with Crippen LogP contribution in [0.15, 0.2) is 4.34 Å². The summed E-state index contributed by atoms with van der Waals surface area (Å²) in [7, 11) is -3.51. The van der Waals surface area contributed by atoms with E-state index in [1.807, 2.05) is 0 Å². The molecule has 1 saturated heterocycles. The van der Waals surface area contributed by atoms with Crippen LogP contribution in [0.1, 0.15) is 38.5 Å². The number of sulfonamides is 1. The second-order valence-electron chi connectivity index (χ2n) is 5.28. The zero-order chi connectivity index (χ0) is 13.5. The third kappa shape index (κ3) is 2.36. The number of aromatic nitrogens is 2. The largest absolute Gasteiger partial charge is 0.374 e. The Kier molecular flexibility index (Phi) is 3.48. The van der Waals surface area contributed by atoms with Gasteiger partial charge in [-0.3, -0.25) is 0 Å². The van der Waals surface area contributed by atoms with E-state index in [9.17, 15) is 8.42 Å². The minimum atomic E-state index is -3.51. The van der Waals surface area contributed by atoms with Gasteiger partial charge in [0.2, 0.25) is 9.47 Å². The fourth-order valence-electron chi connectivity index (χ4n) is 3.30. The van der Waals surface area contributed by atoms with Gasteiger partial charge in [0, 0.05) is 12.6 Å². The highest BCUT2D eigenvalue weighted by molar-refractivity contribution is 7.91. The van der Waals surface area contributed by atoms with Crippen molar-refractivity contribution in [3.8, 4) is 0 Å². The Morgan fingerprint density at radius 3 is 2.53 bits per heavy atom. The van der Waals surface area contributed by atoms with Gasteiger partial charge in [-0.05, 0) is 31.6 Å². The van der Waals surface area contributed by atoms with Crippen molar-refractivity contribution in [3.05, 3.63) is 0 Å². The van der Waals surface area contributed by atoms with Gasteiger partial charge in [-0.25, -0.2) is 8.42 Å². The predicted octanol–water partition coefficient (Wildman–Crippen LogP) is 1.46. The quantitative estimate of drug-likeness (QED) is 0.913. The minimum Gasteiger partial charge on any atom is -0.374 e. The number of hydrogen-bond donors (Lipinski definition) is 1. The Bertz CT molecular complexity index is 551. The molecule has 19 heavy (non-hydrogen) atoms. The van der Waals surface area contributed by atoms with Crippen LogP contribution in [0.25, 0.3) is 0 Å². The van der Waals surface area contributed by atoms with Gasteiger partial charge in [-0.2, -0.15) is 4.31 Å². The summed E-state index contributed by atoms with van der Waals surface area (Å²) in [6, 6.07) is 0.151. The molecule has 1 aromatic heterocycles. The molecular weight excluding hydrogens is 284 g/mol. The summed E-state index contributed by atoms with van der Waals surface area (Å²) in [4.78, 5) is 0.